The van der Waals surface area contributed by atoms with Crippen molar-refractivity contribution in [3.8, 4) is 0 Å². The third-order valence-electron chi connectivity index (χ3n) is 2.28. The normalized spacial score (nSPS) is 21.1. The fourth-order valence-corrected chi connectivity index (χ4v) is 2.73. The Morgan fingerprint density at radius 2 is 2.25 bits per heavy atom. The smallest absolute Gasteiger partial charge is 0.0467 e. The topological polar surface area (TPSA) is 26.0 Å². The summed E-state index contributed by atoms with van der Waals surface area (Å²) in [5, 5.41) is 0.796. The average molecular weight is 247 g/mol. The van der Waals surface area contributed by atoms with Gasteiger partial charge in [-0.2, -0.15) is 0 Å². The highest BCUT2D eigenvalue weighted by molar-refractivity contribution is 9.10. The van der Waals surface area contributed by atoms with Crippen LogP contribution in [0.15, 0.2) is 16.6 Å². The molecule has 1 aliphatic carbocycles. The Morgan fingerprint density at radius 3 is 3.00 bits per heavy atom. The van der Waals surface area contributed by atoms with Crippen molar-refractivity contribution in [2.75, 3.05) is 0 Å². The molecule has 1 unspecified atom stereocenters. The monoisotopic (exact) mass is 245 g/mol. The molecule has 0 heterocycles. The van der Waals surface area contributed by atoms with Crippen LogP contribution in [0, 0.1) is 0 Å². The van der Waals surface area contributed by atoms with Gasteiger partial charge in [-0.3, -0.25) is 0 Å². The van der Waals surface area contributed by atoms with Crippen molar-refractivity contribution in [3.05, 3.63) is 32.8 Å². The summed E-state index contributed by atoms with van der Waals surface area (Å²) in [4.78, 5) is 0. The number of halogens is 2. The fourth-order valence-electron chi connectivity index (χ4n) is 1.72. The molecule has 1 atom stereocenters. The number of aryl methyl sites for hydroxylation is 1. The quantitative estimate of drug-likeness (QED) is 0.748. The highest BCUT2D eigenvalue weighted by Crippen LogP contribution is 2.36. The van der Waals surface area contributed by atoms with Gasteiger partial charge in [-0.05, 0) is 36.1 Å². The number of hydrogen-bond donors (Lipinski definition) is 1. The first-order chi connectivity index (χ1) is 5.68. The molecule has 1 aromatic rings. The van der Waals surface area contributed by atoms with Gasteiger partial charge in [0.2, 0.25) is 0 Å². The first-order valence-corrected chi connectivity index (χ1v) is 5.09. The number of fused-ring (bicyclic) bond motifs is 1. The third kappa shape index (κ3) is 1.28. The maximum Gasteiger partial charge on any atom is 0.0467 e. The lowest BCUT2D eigenvalue weighted by atomic mass is 10.1. The second-order valence-corrected chi connectivity index (χ2v) is 4.43. The molecular formula is C9H9BrClN. The molecule has 2 rings (SSSR count). The van der Waals surface area contributed by atoms with Crippen LogP contribution in [0.25, 0.3) is 0 Å². The third-order valence-corrected chi connectivity index (χ3v) is 3.05. The van der Waals surface area contributed by atoms with E-state index in [1.54, 1.807) is 0 Å². The molecule has 0 aromatic heterocycles. The summed E-state index contributed by atoms with van der Waals surface area (Å²) in [5.41, 5.74) is 8.33. The molecule has 0 aliphatic heterocycles. The molecule has 0 fully saturated rings. The van der Waals surface area contributed by atoms with E-state index < -0.39 is 0 Å². The van der Waals surface area contributed by atoms with Gasteiger partial charge in [0.1, 0.15) is 0 Å². The van der Waals surface area contributed by atoms with E-state index in [9.17, 15) is 0 Å². The molecular weight excluding hydrogens is 237 g/mol. The molecule has 0 radical (unpaired) electrons. The summed E-state index contributed by atoms with van der Waals surface area (Å²) in [6.45, 7) is 0. The Hall–Kier alpha value is -0.0500. The zero-order valence-electron chi connectivity index (χ0n) is 6.48. The number of rotatable bonds is 0. The standard InChI is InChI=1S/C9H9BrClN/c10-6-3-5-1-2-8(12)9(5)7(11)4-6/h3-4,8H,1-2,12H2. The van der Waals surface area contributed by atoms with E-state index in [0.29, 0.717) is 0 Å². The minimum absolute atomic E-state index is 0.139. The summed E-state index contributed by atoms with van der Waals surface area (Å²) in [6.07, 6.45) is 2.07. The van der Waals surface area contributed by atoms with Crippen molar-refractivity contribution in [1.82, 2.24) is 0 Å². The van der Waals surface area contributed by atoms with E-state index in [-0.39, 0.29) is 6.04 Å². The van der Waals surface area contributed by atoms with Crippen LogP contribution in [0.3, 0.4) is 0 Å². The lowest BCUT2D eigenvalue weighted by Gasteiger charge is -2.07. The van der Waals surface area contributed by atoms with Gasteiger partial charge < -0.3 is 5.73 Å². The second-order valence-electron chi connectivity index (χ2n) is 3.11. The molecule has 2 N–H and O–H groups in total. The van der Waals surface area contributed by atoms with Gasteiger partial charge in [0, 0.05) is 15.5 Å². The van der Waals surface area contributed by atoms with Gasteiger partial charge in [-0.25, -0.2) is 0 Å². The lowest BCUT2D eigenvalue weighted by Crippen LogP contribution is -2.05. The minimum Gasteiger partial charge on any atom is -0.324 e. The summed E-state index contributed by atoms with van der Waals surface area (Å²) < 4.78 is 1.04. The van der Waals surface area contributed by atoms with E-state index in [1.807, 2.05) is 6.07 Å². The van der Waals surface area contributed by atoms with Crippen molar-refractivity contribution in [3.63, 3.8) is 0 Å². The van der Waals surface area contributed by atoms with Crippen molar-refractivity contribution < 1.29 is 0 Å². The maximum absolute atomic E-state index is 6.06. The fraction of sp³-hybridized carbons (Fsp3) is 0.333. The zero-order chi connectivity index (χ0) is 8.72. The van der Waals surface area contributed by atoms with E-state index >= 15 is 0 Å². The Kier molecular flexibility index (Phi) is 2.15. The minimum atomic E-state index is 0.139. The summed E-state index contributed by atoms with van der Waals surface area (Å²) in [5.74, 6) is 0. The summed E-state index contributed by atoms with van der Waals surface area (Å²) in [6, 6.07) is 4.15. The predicted octanol–water partition coefficient (Wildman–Crippen LogP) is 3.05. The molecule has 12 heavy (non-hydrogen) atoms. The SMILES string of the molecule is NC1CCc2cc(Br)cc(Cl)c21. The summed E-state index contributed by atoms with van der Waals surface area (Å²) >= 11 is 9.47. The first kappa shape index (κ1) is 8.54. The van der Waals surface area contributed by atoms with Gasteiger partial charge in [-0.15, -0.1) is 0 Å². The summed E-state index contributed by atoms with van der Waals surface area (Å²) in [7, 11) is 0. The van der Waals surface area contributed by atoms with Gasteiger partial charge in [0.25, 0.3) is 0 Å². The van der Waals surface area contributed by atoms with Crippen LogP contribution in [0.1, 0.15) is 23.6 Å². The highest BCUT2D eigenvalue weighted by atomic mass is 79.9. The molecule has 0 saturated heterocycles. The Morgan fingerprint density at radius 1 is 1.50 bits per heavy atom. The van der Waals surface area contributed by atoms with Crippen LogP contribution in [0.4, 0.5) is 0 Å². The average Bonchev–Trinajstić information content (AvgIpc) is 2.31. The van der Waals surface area contributed by atoms with Crippen LogP contribution >= 0.6 is 27.5 Å². The van der Waals surface area contributed by atoms with E-state index in [1.165, 1.54) is 5.56 Å². The molecule has 0 spiro atoms. The Bertz CT molecular complexity index is 325. The van der Waals surface area contributed by atoms with Crippen molar-refractivity contribution >= 4 is 27.5 Å². The second kappa shape index (κ2) is 3.02. The molecule has 1 aliphatic rings. The van der Waals surface area contributed by atoms with Crippen molar-refractivity contribution in [2.24, 2.45) is 5.73 Å². The van der Waals surface area contributed by atoms with Crippen LogP contribution in [-0.4, -0.2) is 0 Å². The molecule has 1 nitrogen and oxygen atoms in total. The molecule has 0 saturated carbocycles. The predicted molar refractivity (Wildman–Crippen MR) is 54.4 cm³/mol. The Balaban J connectivity index is 2.60. The van der Waals surface area contributed by atoms with Crippen LogP contribution < -0.4 is 5.73 Å². The van der Waals surface area contributed by atoms with Crippen molar-refractivity contribution in [1.29, 1.82) is 0 Å². The molecule has 0 amide bonds. The zero-order valence-corrected chi connectivity index (χ0v) is 8.82. The molecule has 1 aromatic carbocycles. The largest absolute Gasteiger partial charge is 0.324 e. The number of benzene rings is 1. The van der Waals surface area contributed by atoms with Gasteiger partial charge in [0.15, 0.2) is 0 Å². The highest BCUT2D eigenvalue weighted by Gasteiger charge is 2.21. The Labute approximate surface area is 85.0 Å². The number of nitrogens with two attached hydrogens (primary N) is 1. The van der Waals surface area contributed by atoms with Crippen LogP contribution in [0.5, 0.6) is 0 Å². The molecule has 0 bridgehead atoms. The van der Waals surface area contributed by atoms with E-state index in [2.05, 4.69) is 22.0 Å². The van der Waals surface area contributed by atoms with Gasteiger partial charge >= 0.3 is 0 Å². The van der Waals surface area contributed by atoms with Crippen LogP contribution in [-0.2, 0) is 6.42 Å². The number of hydrogen-bond acceptors (Lipinski definition) is 1. The maximum atomic E-state index is 6.06. The van der Waals surface area contributed by atoms with Crippen LogP contribution in [0.2, 0.25) is 5.02 Å². The van der Waals surface area contributed by atoms with Gasteiger partial charge in [-0.1, -0.05) is 27.5 Å². The van der Waals surface area contributed by atoms with E-state index in [4.69, 9.17) is 17.3 Å². The van der Waals surface area contributed by atoms with E-state index in [0.717, 1.165) is 27.9 Å². The molecule has 64 valence electrons. The van der Waals surface area contributed by atoms with Crippen molar-refractivity contribution in [2.45, 2.75) is 18.9 Å². The molecule has 3 heteroatoms. The lowest BCUT2D eigenvalue weighted by molar-refractivity contribution is 0.713. The first-order valence-electron chi connectivity index (χ1n) is 3.92. The van der Waals surface area contributed by atoms with Gasteiger partial charge in [0.05, 0.1) is 0 Å².